The Morgan fingerprint density at radius 2 is 1.79 bits per heavy atom. The van der Waals surface area contributed by atoms with E-state index in [0.29, 0.717) is 10.8 Å². The molecule has 0 N–H and O–H groups in total. The largest absolute Gasteiger partial charge is 0.224 e. The van der Waals surface area contributed by atoms with Crippen molar-refractivity contribution >= 4 is 9.84 Å². The molecule has 78 valence electrons. The zero-order chi connectivity index (χ0) is 10.8. The first kappa shape index (κ1) is 11.2. The molecule has 0 saturated heterocycles. The van der Waals surface area contributed by atoms with E-state index < -0.39 is 9.84 Å². The van der Waals surface area contributed by atoms with Gasteiger partial charge in [-0.15, -0.1) is 0 Å². The second-order valence-corrected chi connectivity index (χ2v) is 5.96. The van der Waals surface area contributed by atoms with E-state index in [0.717, 1.165) is 12.0 Å². The average molecular weight is 212 g/mol. The molecule has 0 aliphatic heterocycles. The van der Waals surface area contributed by atoms with Crippen LogP contribution in [0.1, 0.15) is 19.4 Å². The minimum Gasteiger partial charge on any atom is -0.224 e. The number of hydrogen-bond donors (Lipinski definition) is 0. The molecule has 0 heterocycles. The van der Waals surface area contributed by atoms with Gasteiger partial charge in [-0.05, 0) is 24.0 Å². The van der Waals surface area contributed by atoms with Crippen molar-refractivity contribution in [2.75, 3.05) is 6.26 Å². The summed E-state index contributed by atoms with van der Waals surface area (Å²) in [7, 11) is -3.08. The Morgan fingerprint density at radius 3 is 2.29 bits per heavy atom. The fourth-order valence-electron chi connectivity index (χ4n) is 1.47. The van der Waals surface area contributed by atoms with E-state index >= 15 is 0 Å². The number of rotatable bonds is 3. The molecule has 0 unspecified atom stereocenters. The standard InChI is InChI=1S/C11H16O2S/c1-9(2)8-10-6-4-5-7-11(10)14(3,12)13/h4-7,9H,8H2,1-3H3. The number of hydrogen-bond acceptors (Lipinski definition) is 2. The van der Waals surface area contributed by atoms with Crippen molar-refractivity contribution in [2.45, 2.75) is 25.2 Å². The van der Waals surface area contributed by atoms with Gasteiger partial charge in [0.15, 0.2) is 9.84 Å². The molecule has 0 saturated carbocycles. The Kier molecular flexibility index (Phi) is 3.32. The maximum absolute atomic E-state index is 11.4. The van der Waals surface area contributed by atoms with Gasteiger partial charge in [-0.25, -0.2) is 8.42 Å². The average Bonchev–Trinajstić information content (AvgIpc) is 2.01. The van der Waals surface area contributed by atoms with Crippen LogP contribution in [-0.2, 0) is 16.3 Å². The fourth-order valence-corrected chi connectivity index (χ4v) is 2.43. The van der Waals surface area contributed by atoms with Crippen LogP contribution in [0.25, 0.3) is 0 Å². The molecular weight excluding hydrogens is 196 g/mol. The lowest BCUT2D eigenvalue weighted by atomic mass is 10.0. The topological polar surface area (TPSA) is 34.1 Å². The molecule has 0 amide bonds. The minimum absolute atomic E-state index is 0.466. The summed E-state index contributed by atoms with van der Waals surface area (Å²) in [5.41, 5.74) is 0.921. The van der Waals surface area contributed by atoms with Crippen molar-refractivity contribution in [3.63, 3.8) is 0 Å². The van der Waals surface area contributed by atoms with Crippen molar-refractivity contribution in [1.82, 2.24) is 0 Å². The first-order valence-electron chi connectivity index (χ1n) is 4.69. The third-order valence-electron chi connectivity index (χ3n) is 2.00. The lowest BCUT2D eigenvalue weighted by Crippen LogP contribution is -2.04. The van der Waals surface area contributed by atoms with Crippen LogP contribution >= 0.6 is 0 Å². The van der Waals surface area contributed by atoms with Gasteiger partial charge in [0.25, 0.3) is 0 Å². The Bertz CT molecular complexity index is 405. The number of benzene rings is 1. The quantitative estimate of drug-likeness (QED) is 0.770. The van der Waals surface area contributed by atoms with Crippen molar-refractivity contribution in [2.24, 2.45) is 5.92 Å². The van der Waals surface area contributed by atoms with Gasteiger partial charge in [-0.3, -0.25) is 0 Å². The van der Waals surface area contributed by atoms with Crippen LogP contribution in [0, 0.1) is 5.92 Å². The van der Waals surface area contributed by atoms with Crippen molar-refractivity contribution < 1.29 is 8.42 Å². The van der Waals surface area contributed by atoms with E-state index in [1.807, 2.05) is 12.1 Å². The lowest BCUT2D eigenvalue weighted by molar-refractivity contribution is 0.596. The van der Waals surface area contributed by atoms with Crippen LogP contribution in [0.15, 0.2) is 29.2 Å². The molecule has 0 atom stereocenters. The van der Waals surface area contributed by atoms with Gasteiger partial charge in [-0.2, -0.15) is 0 Å². The van der Waals surface area contributed by atoms with E-state index in [-0.39, 0.29) is 0 Å². The molecular formula is C11H16O2S. The summed E-state index contributed by atoms with van der Waals surface area (Å²) in [6.07, 6.45) is 2.06. The van der Waals surface area contributed by atoms with Crippen LogP contribution in [0.5, 0.6) is 0 Å². The molecule has 1 aromatic rings. The number of sulfone groups is 1. The molecule has 0 fully saturated rings. The molecule has 0 bridgehead atoms. The van der Waals surface area contributed by atoms with Gasteiger partial charge in [0.2, 0.25) is 0 Å². The molecule has 0 aliphatic rings. The molecule has 3 heteroatoms. The molecule has 0 aliphatic carbocycles. The Balaban J connectivity index is 3.17. The van der Waals surface area contributed by atoms with Crippen LogP contribution in [0.2, 0.25) is 0 Å². The highest BCUT2D eigenvalue weighted by Gasteiger charge is 2.12. The first-order chi connectivity index (χ1) is 6.41. The molecule has 2 nitrogen and oxygen atoms in total. The van der Waals surface area contributed by atoms with Crippen LogP contribution in [0.4, 0.5) is 0 Å². The van der Waals surface area contributed by atoms with Gasteiger partial charge in [0.05, 0.1) is 4.90 Å². The summed E-state index contributed by atoms with van der Waals surface area (Å²) in [4.78, 5) is 0.466. The maximum atomic E-state index is 11.4. The molecule has 14 heavy (non-hydrogen) atoms. The molecule has 0 radical (unpaired) electrons. The van der Waals surface area contributed by atoms with Gasteiger partial charge in [0.1, 0.15) is 0 Å². The highest BCUT2D eigenvalue weighted by molar-refractivity contribution is 7.90. The van der Waals surface area contributed by atoms with Gasteiger partial charge in [0, 0.05) is 6.26 Å². The van der Waals surface area contributed by atoms with Crippen molar-refractivity contribution in [3.05, 3.63) is 29.8 Å². The summed E-state index contributed by atoms with van der Waals surface area (Å²) in [6, 6.07) is 7.20. The van der Waals surface area contributed by atoms with E-state index in [1.54, 1.807) is 12.1 Å². The molecule has 0 aromatic heterocycles. The normalized spacial score (nSPS) is 12.0. The smallest absolute Gasteiger partial charge is 0.175 e. The third-order valence-corrected chi connectivity index (χ3v) is 3.20. The minimum atomic E-state index is -3.08. The summed E-state index contributed by atoms with van der Waals surface area (Å²) in [6.45, 7) is 4.16. The highest BCUT2D eigenvalue weighted by atomic mass is 32.2. The second-order valence-electron chi connectivity index (χ2n) is 3.98. The Morgan fingerprint density at radius 1 is 1.21 bits per heavy atom. The Hall–Kier alpha value is -0.830. The van der Waals surface area contributed by atoms with Crippen molar-refractivity contribution in [1.29, 1.82) is 0 Å². The van der Waals surface area contributed by atoms with Crippen LogP contribution in [-0.4, -0.2) is 14.7 Å². The summed E-state index contributed by atoms with van der Waals surface area (Å²) in [5.74, 6) is 0.470. The van der Waals surface area contributed by atoms with E-state index in [2.05, 4.69) is 13.8 Å². The summed E-state index contributed by atoms with van der Waals surface area (Å²) in [5, 5.41) is 0. The fraction of sp³-hybridized carbons (Fsp3) is 0.455. The Labute approximate surface area is 85.9 Å². The summed E-state index contributed by atoms with van der Waals surface area (Å²) >= 11 is 0. The van der Waals surface area contributed by atoms with Crippen LogP contribution < -0.4 is 0 Å². The predicted octanol–water partition coefficient (Wildman–Crippen LogP) is 2.29. The monoisotopic (exact) mass is 212 g/mol. The van der Waals surface area contributed by atoms with E-state index in [4.69, 9.17) is 0 Å². The van der Waals surface area contributed by atoms with Crippen molar-refractivity contribution in [3.8, 4) is 0 Å². The molecule has 1 aromatic carbocycles. The van der Waals surface area contributed by atoms with Gasteiger partial charge in [-0.1, -0.05) is 32.0 Å². The van der Waals surface area contributed by atoms with Gasteiger partial charge >= 0.3 is 0 Å². The summed E-state index contributed by atoms with van der Waals surface area (Å²) < 4.78 is 22.9. The first-order valence-corrected chi connectivity index (χ1v) is 6.58. The molecule has 1 rings (SSSR count). The maximum Gasteiger partial charge on any atom is 0.175 e. The van der Waals surface area contributed by atoms with Gasteiger partial charge < -0.3 is 0 Å². The third kappa shape index (κ3) is 2.84. The van der Waals surface area contributed by atoms with E-state index in [1.165, 1.54) is 6.26 Å². The molecule has 0 spiro atoms. The zero-order valence-corrected chi connectivity index (χ0v) is 9.64. The lowest BCUT2D eigenvalue weighted by Gasteiger charge is -2.09. The highest BCUT2D eigenvalue weighted by Crippen LogP contribution is 2.18. The van der Waals surface area contributed by atoms with Crippen LogP contribution in [0.3, 0.4) is 0 Å². The second kappa shape index (κ2) is 4.13. The SMILES string of the molecule is CC(C)Cc1ccccc1S(C)(=O)=O. The zero-order valence-electron chi connectivity index (χ0n) is 8.82. The van der Waals surface area contributed by atoms with E-state index in [9.17, 15) is 8.42 Å². The predicted molar refractivity (Wildman–Crippen MR) is 58.1 cm³/mol.